The maximum atomic E-state index is 12.7. The summed E-state index contributed by atoms with van der Waals surface area (Å²) in [6, 6.07) is 2.01. The zero-order valence-corrected chi connectivity index (χ0v) is 13.8. The van der Waals surface area contributed by atoms with Crippen LogP contribution < -0.4 is 0 Å². The van der Waals surface area contributed by atoms with E-state index in [-0.39, 0.29) is 17.9 Å². The number of hydrogen-bond acceptors (Lipinski definition) is 2. The lowest BCUT2D eigenvalue weighted by molar-refractivity contribution is 0.0337. The third kappa shape index (κ3) is 2.86. The fourth-order valence-electron chi connectivity index (χ4n) is 3.48. The number of aryl methyl sites for hydroxylation is 1. The van der Waals surface area contributed by atoms with Crippen LogP contribution in [0.2, 0.25) is 0 Å². The number of aliphatic hydroxyl groups is 1. The summed E-state index contributed by atoms with van der Waals surface area (Å²) in [7, 11) is 0. The molecule has 0 atom stereocenters. The summed E-state index contributed by atoms with van der Waals surface area (Å²) in [4.78, 5) is 14.7. The predicted molar refractivity (Wildman–Crippen MR) is 84.5 cm³/mol. The molecule has 0 unspecified atom stereocenters. The van der Waals surface area contributed by atoms with Gasteiger partial charge in [0.2, 0.25) is 0 Å². The van der Waals surface area contributed by atoms with E-state index in [0.717, 1.165) is 55.8 Å². The van der Waals surface area contributed by atoms with Gasteiger partial charge in [-0.3, -0.25) is 4.79 Å². The molecule has 0 radical (unpaired) electrons. The molecule has 4 heteroatoms. The molecule has 118 valence electrons. The van der Waals surface area contributed by atoms with Crippen molar-refractivity contribution in [3.8, 4) is 0 Å². The molecule has 0 bridgehead atoms. The van der Waals surface area contributed by atoms with Crippen LogP contribution in [-0.4, -0.2) is 40.2 Å². The van der Waals surface area contributed by atoms with E-state index >= 15 is 0 Å². The van der Waals surface area contributed by atoms with Gasteiger partial charge < -0.3 is 14.6 Å². The van der Waals surface area contributed by atoms with Crippen molar-refractivity contribution < 1.29 is 9.90 Å². The third-order valence-electron chi connectivity index (χ3n) is 5.32. The fourth-order valence-corrected chi connectivity index (χ4v) is 3.48. The minimum absolute atomic E-state index is 0.0249. The molecule has 2 rings (SSSR count). The first-order chi connectivity index (χ1) is 9.98. The number of carbonyl (C=O) groups excluding carboxylic acids is 1. The molecule has 1 aliphatic heterocycles. The minimum atomic E-state index is 0.0249. The average molecular weight is 292 g/mol. The smallest absolute Gasteiger partial charge is 0.255 e. The molecule has 1 aromatic rings. The topological polar surface area (TPSA) is 45.5 Å². The van der Waals surface area contributed by atoms with E-state index in [2.05, 4.69) is 25.3 Å². The number of amides is 1. The SMILES string of the molecule is CCn1c(C)cc(C(=O)N2CCC(CC)(CO)CC2)c1C. The second-order valence-corrected chi connectivity index (χ2v) is 6.33. The molecule has 4 nitrogen and oxygen atoms in total. The van der Waals surface area contributed by atoms with Gasteiger partial charge in [-0.05, 0) is 51.5 Å². The molecule has 1 N–H and O–H groups in total. The summed E-state index contributed by atoms with van der Waals surface area (Å²) < 4.78 is 2.18. The lowest BCUT2D eigenvalue weighted by Gasteiger charge is -2.40. The molecular formula is C17H28N2O2. The number of hydrogen-bond donors (Lipinski definition) is 1. The quantitative estimate of drug-likeness (QED) is 0.927. The van der Waals surface area contributed by atoms with E-state index in [1.165, 1.54) is 0 Å². The Morgan fingerprint density at radius 3 is 2.33 bits per heavy atom. The van der Waals surface area contributed by atoms with Gasteiger partial charge in [-0.1, -0.05) is 6.92 Å². The largest absolute Gasteiger partial charge is 0.396 e. The van der Waals surface area contributed by atoms with Gasteiger partial charge in [0.25, 0.3) is 5.91 Å². The normalized spacial score (nSPS) is 18.0. The first-order valence-electron chi connectivity index (χ1n) is 8.05. The second kappa shape index (κ2) is 6.22. The van der Waals surface area contributed by atoms with Crippen molar-refractivity contribution in [1.82, 2.24) is 9.47 Å². The van der Waals surface area contributed by atoms with E-state index in [1.54, 1.807) is 0 Å². The lowest BCUT2D eigenvalue weighted by Crippen LogP contribution is -2.44. The summed E-state index contributed by atoms with van der Waals surface area (Å²) in [5, 5.41) is 9.59. The van der Waals surface area contributed by atoms with Crippen LogP contribution in [0.1, 0.15) is 54.9 Å². The Morgan fingerprint density at radius 2 is 1.90 bits per heavy atom. The van der Waals surface area contributed by atoms with Crippen LogP contribution in [0.25, 0.3) is 0 Å². The third-order valence-corrected chi connectivity index (χ3v) is 5.32. The number of nitrogens with zero attached hydrogens (tertiary/aromatic N) is 2. The summed E-state index contributed by atoms with van der Waals surface area (Å²) >= 11 is 0. The van der Waals surface area contributed by atoms with E-state index in [1.807, 2.05) is 17.9 Å². The summed E-state index contributed by atoms with van der Waals surface area (Å²) in [5.74, 6) is 0.144. The van der Waals surface area contributed by atoms with Crippen molar-refractivity contribution in [3.05, 3.63) is 23.0 Å². The van der Waals surface area contributed by atoms with E-state index in [9.17, 15) is 9.90 Å². The molecule has 1 saturated heterocycles. The molecule has 0 spiro atoms. The second-order valence-electron chi connectivity index (χ2n) is 6.33. The zero-order valence-electron chi connectivity index (χ0n) is 13.8. The van der Waals surface area contributed by atoms with Gasteiger partial charge in [-0.2, -0.15) is 0 Å². The van der Waals surface area contributed by atoms with Gasteiger partial charge in [0, 0.05) is 37.6 Å². The van der Waals surface area contributed by atoms with Crippen molar-refractivity contribution in [3.63, 3.8) is 0 Å². The molecule has 0 aliphatic carbocycles. The molecule has 1 fully saturated rings. The zero-order chi connectivity index (χ0) is 15.6. The minimum Gasteiger partial charge on any atom is -0.396 e. The molecule has 1 aliphatic rings. The van der Waals surface area contributed by atoms with Crippen LogP contribution in [0, 0.1) is 19.3 Å². The Hall–Kier alpha value is -1.29. The van der Waals surface area contributed by atoms with Crippen molar-refractivity contribution in [2.75, 3.05) is 19.7 Å². The number of aromatic nitrogens is 1. The number of rotatable bonds is 4. The Morgan fingerprint density at radius 1 is 1.29 bits per heavy atom. The molecule has 1 amide bonds. The molecule has 1 aromatic heterocycles. The number of carbonyl (C=O) groups is 1. The predicted octanol–water partition coefficient (Wildman–Crippen LogP) is 2.75. The van der Waals surface area contributed by atoms with Crippen LogP contribution in [0.15, 0.2) is 6.07 Å². The summed E-state index contributed by atoms with van der Waals surface area (Å²) in [5.41, 5.74) is 3.07. The van der Waals surface area contributed by atoms with Crippen molar-refractivity contribution in [2.45, 2.75) is 53.5 Å². The highest BCUT2D eigenvalue weighted by atomic mass is 16.3. The van der Waals surface area contributed by atoms with Crippen molar-refractivity contribution in [1.29, 1.82) is 0 Å². The Bertz CT molecular complexity index is 505. The monoisotopic (exact) mass is 292 g/mol. The van der Waals surface area contributed by atoms with Crippen LogP contribution in [0.4, 0.5) is 0 Å². The Balaban J connectivity index is 2.12. The highest BCUT2D eigenvalue weighted by Gasteiger charge is 2.34. The number of likely N-dealkylation sites (tertiary alicyclic amines) is 1. The van der Waals surface area contributed by atoms with Gasteiger partial charge in [0.1, 0.15) is 0 Å². The highest BCUT2D eigenvalue weighted by Crippen LogP contribution is 2.34. The van der Waals surface area contributed by atoms with E-state index in [4.69, 9.17) is 0 Å². The van der Waals surface area contributed by atoms with Gasteiger partial charge in [-0.25, -0.2) is 0 Å². The maximum absolute atomic E-state index is 12.7. The first kappa shape index (κ1) is 16.1. The van der Waals surface area contributed by atoms with E-state index < -0.39 is 0 Å². The van der Waals surface area contributed by atoms with Crippen LogP contribution in [0.3, 0.4) is 0 Å². The number of aliphatic hydroxyl groups excluding tert-OH is 1. The van der Waals surface area contributed by atoms with Gasteiger partial charge >= 0.3 is 0 Å². The fraction of sp³-hybridized carbons (Fsp3) is 0.706. The van der Waals surface area contributed by atoms with Crippen LogP contribution >= 0.6 is 0 Å². The Kier molecular flexibility index (Phi) is 4.77. The summed E-state index contributed by atoms with van der Waals surface area (Å²) in [6.45, 7) is 10.9. The van der Waals surface area contributed by atoms with Crippen molar-refractivity contribution >= 4 is 5.91 Å². The van der Waals surface area contributed by atoms with Gasteiger partial charge in [0.05, 0.1) is 5.56 Å². The van der Waals surface area contributed by atoms with E-state index in [0.29, 0.717) is 0 Å². The van der Waals surface area contributed by atoms with Gasteiger partial charge in [0.15, 0.2) is 0 Å². The molecule has 0 saturated carbocycles. The first-order valence-corrected chi connectivity index (χ1v) is 8.05. The summed E-state index contributed by atoms with van der Waals surface area (Å²) in [6.07, 6.45) is 2.78. The molecule has 21 heavy (non-hydrogen) atoms. The number of piperidine rings is 1. The Labute approximate surface area is 127 Å². The highest BCUT2D eigenvalue weighted by molar-refractivity contribution is 5.95. The van der Waals surface area contributed by atoms with Gasteiger partial charge in [-0.15, -0.1) is 0 Å². The maximum Gasteiger partial charge on any atom is 0.255 e. The van der Waals surface area contributed by atoms with Crippen molar-refractivity contribution in [2.24, 2.45) is 5.41 Å². The lowest BCUT2D eigenvalue weighted by atomic mass is 9.77. The molecular weight excluding hydrogens is 264 g/mol. The van der Waals surface area contributed by atoms with Crippen LogP contribution in [0.5, 0.6) is 0 Å². The molecule has 2 heterocycles. The standard InChI is InChI=1S/C17H28N2O2/c1-5-17(12-20)7-9-18(10-8-17)16(21)15-11-13(3)19(6-2)14(15)4/h11,20H,5-10,12H2,1-4H3. The van der Waals surface area contributed by atoms with Crippen LogP contribution in [-0.2, 0) is 6.54 Å². The molecule has 0 aromatic carbocycles. The average Bonchev–Trinajstić information content (AvgIpc) is 2.81.